The number of benzene rings is 1. The number of aliphatic carboxylic acids is 2. The molecule has 0 aliphatic heterocycles. The molecule has 0 aliphatic carbocycles. The van der Waals surface area contributed by atoms with Crippen LogP contribution in [0.15, 0.2) is 46.6 Å². The van der Waals surface area contributed by atoms with Crippen molar-refractivity contribution in [2.24, 2.45) is 15.8 Å². The first-order valence-electron chi connectivity index (χ1n) is 9.31. The summed E-state index contributed by atoms with van der Waals surface area (Å²) in [6.45, 7) is 2.89. The zero-order chi connectivity index (χ0) is 22.4. The second-order valence-electron chi connectivity index (χ2n) is 6.14. The number of H-pyrrole nitrogens is 1. The molecule has 30 heavy (non-hydrogen) atoms. The van der Waals surface area contributed by atoms with Gasteiger partial charge < -0.3 is 26.0 Å². The Labute approximate surface area is 173 Å². The number of fused-ring (bicyclic) bond motifs is 1. The van der Waals surface area contributed by atoms with Crippen molar-refractivity contribution < 1.29 is 24.9 Å². The van der Waals surface area contributed by atoms with E-state index in [1.54, 1.807) is 6.21 Å². The zero-order valence-electron chi connectivity index (χ0n) is 16.7. The number of aromatic amines is 1. The Bertz CT molecular complexity index is 901. The molecule has 2 aromatic rings. The van der Waals surface area contributed by atoms with Gasteiger partial charge in [0, 0.05) is 41.4 Å². The minimum Gasteiger partial charge on any atom is -0.478 e. The highest BCUT2D eigenvalue weighted by Crippen LogP contribution is 2.18. The summed E-state index contributed by atoms with van der Waals surface area (Å²) >= 11 is 0. The number of carboxylic acids is 2. The fraction of sp³-hybridized carbons (Fsp3) is 0.300. The van der Waals surface area contributed by atoms with E-state index in [4.69, 9.17) is 15.9 Å². The van der Waals surface area contributed by atoms with Crippen molar-refractivity contribution >= 4 is 35.0 Å². The van der Waals surface area contributed by atoms with E-state index in [1.165, 1.54) is 0 Å². The first kappa shape index (κ1) is 24.4. The number of carboxylic acid groups (broad SMARTS) is 2. The molecule has 1 heterocycles. The van der Waals surface area contributed by atoms with Crippen molar-refractivity contribution in [3.8, 4) is 0 Å². The zero-order valence-corrected chi connectivity index (χ0v) is 16.7. The van der Waals surface area contributed by atoms with Gasteiger partial charge in [-0.05, 0) is 24.1 Å². The summed E-state index contributed by atoms with van der Waals surface area (Å²) in [5, 5.41) is 29.9. The van der Waals surface area contributed by atoms with Crippen LogP contribution in [-0.4, -0.2) is 51.0 Å². The van der Waals surface area contributed by atoms with E-state index in [1.807, 2.05) is 24.4 Å². The second kappa shape index (κ2) is 13.5. The molecule has 7 N–H and O–H groups in total. The molecule has 2 rings (SSSR count). The molecule has 162 valence electrons. The van der Waals surface area contributed by atoms with Crippen molar-refractivity contribution in [2.75, 3.05) is 6.54 Å². The number of nitrogens with one attached hydrogen (secondary N) is 2. The van der Waals surface area contributed by atoms with Gasteiger partial charge >= 0.3 is 11.9 Å². The molecule has 10 heteroatoms. The van der Waals surface area contributed by atoms with Crippen LogP contribution in [0.25, 0.3) is 10.9 Å². The predicted molar refractivity (Wildman–Crippen MR) is 115 cm³/mol. The summed E-state index contributed by atoms with van der Waals surface area (Å²) in [6.07, 6.45) is 8.03. The van der Waals surface area contributed by atoms with Crippen LogP contribution in [0.4, 0.5) is 0 Å². The molecule has 0 aliphatic rings. The summed E-state index contributed by atoms with van der Waals surface area (Å²) in [5.74, 6) is -2.19. The SMILES string of the molecule is CCCCCN=C(N)N/N=C/c1c[nH]c2ccc(CO)cc12.O=C(O)/C=C/C(=O)O. The molecule has 0 bridgehead atoms. The van der Waals surface area contributed by atoms with E-state index in [0.29, 0.717) is 18.1 Å². The summed E-state index contributed by atoms with van der Waals surface area (Å²) in [7, 11) is 0. The number of aliphatic imine (C=N–C) groups is 1. The summed E-state index contributed by atoms with van der Waals surface area (Å²) in [4.78, 5) is 26.5. The number of aliphatic hydroxyl groups is 1. The van der Waals surface area contributed by atoms with E-state index in [9.17, 15) is 14.7 Å². The topological polar surface area (TPSA) is 173 Å². The molecule has 0 atom stereocenters. The molecule has 0 saturated heterocycles. The summed E-state index contributed by atoms with van der Waals surface area (Å²) in [5.41, 5.74) is 11.3. The van der Waals surface area contributed by atoms with Crippen LogP contribution in [0.5, 0.6) is 0 Å². The first-order chi connectivity index (χ1) is 14.4. The highest BCUT2D eigenvalue weighted by atomic mass is 16.4. The number of aliphatic hydroxyl groups excluding tert-OH is 1. The van der Waals surface area contributed by atoms with E-state index in [2.05, 4.69) is 27.4 Å². The molecule has 0 spiro atoms. The average Bonchev–Trinajstić information content (AvgIpc) is 3.12. The number of unbranched alkanes of at least 4 members (excludes halogenated alkanes) is 2. The minimum absolute atomic E-state index is 0.0211. The minimum atomic E-state index is -1.26. The van der Waals surface area contributed by atoms with Gasteiger partial charge in [0.25, 0.3) is 0 Å². The molecule has 0 unspecified atom stereocenters. The average molecular weight is 417 g/mol. The normalized spacial score (nSPS) is 11.6. The number of carbonyl (C=O) groups is 2. The predicted octanol–water partition coefficient (Wildman–Crippen LogP) is 1.80. The second-order valence-corrected chi connectivity index (χ2v) is 6.14. The third-order valence-electron chi connectivity index (χ3n) is 3.76. The van der Waals surface area contributed by atoms with Crippen LogP contribution in [0.1, 0.15) is 37.3 Å². The molecule has 0 amide bonds. The Morgan fingerprint density at radius 3 is 2.50 bits per heavy atom. The van der Waals surface area contributed by atoms with Crippen LogP contribution < -0.4 is 11.2 Å². The van der Waals surface area contributed by atoms with Gasteiger partial charge in [0.15, 0.2) is 0 Å². The number of nitrogens with zero attached hydrogens (tertiary/aromatic N) is 2. The monoisotopic (exact) mass is 417 g/mol. The smallest absolute Gasteiger partial charge is 0.328 e. The number of guanidine groups is 1. The fourth-order valence-corrected chi connectivity index (χ4v) is 2.30. The highest BCUT2D eigenvalue weighted by Gasteiger charge is 2.02. The molecular weight excluding hydrogens is 390 g/mol. The van der Waals surface area contributed by atoms with E-state index >= 15 is 0 Å². The molecule has 1 aromatic heterocycles. The Morgan fingerprint density at radius 2 is 1.90 bits per heavy atom. The number of aromatic nitrogens is 1. The van der Waals surface area contributed by atoms with Crippen molar-refractivity contribution in [1.82, 2.24) is 10.4 Å². The van der Waals surface area contributed by atoms with Gasteiger partial charge in [-0.3, -0.25) is 4.99 Å². The van der Waals surface area contributed by atoms with Crippen LogP contribution in [0, 0.1) is 0 Å². The van der Waals surface area contributed by atoms with Crippen LogP contribution in [-0.2, 0) is 16.2 Å². The van der Waals surface area contributed by atoms with Gasteiger partial charge in [-0.25, -0.2) is 15.0 Å². The quantitative estimate of drug-likeness (QED) is 0.119. The summed E-state index contributed by atoms with van der Waals surface area (Å²) in [6, 6.07) is 5.77. The lowest BCUT2D eigenvalue weighted by Gasteiger charge is -1.99. The maximum atomic E-state index is 9.55. The fourth-order valence-electron chi connectivity index (χ4n) is 2.30. The first-order valence-corrected chi connectivity index (χ1v) is 9.31. The molecular formula is C20H27N5O5. The Kier molecular flexibility index (Phi) is 11.0. The molecule has 1 aromatic carbocycles. The third-order valence-corrected chi connectivity index (χ3v) is 3.76. The van der Waals surface area contributed by atoms with Gasteiger partial charge in [-0.1, -0.05) is 25.8 Å². The lowest BCUT2D eigenvalue weighted by atomic mass is 10.1. The van der Waals surface area contributed by atoms with Crippen LogP contribution >= 0.6 is 0 Å². The van der Waals surface area contributed by atoms with Gasteiger partial charge in [0.2, 0.25) is 5.96 Å². The van der Waals surface area contributed by atoms with Crippen molar-refractivity contribution in [1.29, 1.82) is 0 Å². The number of nitrogens with two attached hydrogens (primary N) is 1. The van der Waals surface area contributed by atoms with Gasteiger partial charge in [0.05, 0.1) is 12.8 Å². The maximum Gasteiger partial charge on any atom is 0.328 e. The van der Waals surface area contributed by atoms with Crippen molar-refractivity contribution in [3.05, 3.63) is 47.7 Å². The van der Waals surface area contributed by atoms with Gasteiger partial charge in [0.1, 0.15) is 0 Å². The van der Waals surface area contributed by atoms with Crippen LogP contribution in [0.3, 0.4) is 0 Å². The number of hydrogen-bond donors (Lipinski definition) is 6. The summed E-state index contributed by atoms with van der Waals surface area (Å²) < 4.78 is 0. The van der Waals surface area contributed by atoms with Crippen molar-refractivity contribution in [3.63, 3.8) is 0 Å². The Morgan fingerprint density at radius 1 is 1.20 bits per heavy atom. The lowest BCUT2D eigenvalue weighted by molar-refractivity contribution is -0.134. The van der Waals surface area contributed by atoms with E-state index in [-0.39, 0.29) is 6.61 Å². The van der Waals surface area contributed by atoms with Gasteiger partial charge in [-0.15, -0.1) is 0 Å². The van der Waals surface area contributed by atoms with Crippen LogP contribution in [0.2, 0.25) is 0 Å². The molecule has 0 saturated carbocycles. The standard InChI is InChI=1S/C16H23N5O.C4H4O4/c1-2-3-4-7-18-16(17)21-20-10-13-9-19-15-6-5-12(11-22)8-14(13)15;5-3(6)1-2-4(7)8/h5-6,8-10,19,22H,2-4,7,11H2,1H3,(H3,17,18,21);1-2H,(H,5,6)(H,7,8)/b20-10+;2-1+. The van der Waals surface area contributed by atoms with Crippen molar-refractivity contribution in [2.45, 2.75) is 32.8 Å². The Balaban J connectivity index is 0.000000479. The van der Waals surface area contributed by atoms with E-state index < -0.39 is 11.9 Å². The lowest BCUT2D eigenvalue weighted by Crippen LogP contribution is -2.27. The maximum absolute atomic E-state index is 9.55. The molecule has 0 radical (unpaired) electrons. The van der Waals surface area contributed by atoms with E-state index in [0.717, 1.165) is 47.8 Å². The number of hydrazone groups is 1. The number of rotatable bonds is 9. The highest BCUT2D eigenvalue weighted by molar-refractivity contribution is 5.99. The largest absolute Gasteiger partial charge is 0.478 e. The third kappa shape index (κ3) is 9.51. The Hall–Kier alpha value is -3.66. The number of hydrogen-bond acceptors (Lipinski definition) is 5. The molecule has 0 fully saturated rings. The van der Waals surface area contributed by atoms with Gasteiger partial charge in [-0.2, -0.15) is 5.10 Å². The molecule has 10 nitrogen and oxygen atoms in total.